The topological polar surface area (TPSA) is 18.5 Å². The summed E-state index contributed by atoms with van der Waals surface area (Å²) >= 11 is 0. The second kappa shape index (κ2) is 5.92. The number of hydrogen-bond acceptors (Lipinski definition) is 2. The van der Waals surface area contributed by atoms with Crippen LogP contribution in [0.2, 0.25) is 0 Å². The smallest absolute Gasteiger partial charge is 0.113 e. The molecule has 0 spiro atoms. The van der Waals surface area contributed by atoms with Gasteiger partial charge in [-0.25, -0.2) is 0 Å². The first-order chi connectivity index (χ1) is 8.86. The molecule has 18 heavy (non-hydrogen) atoms. The van der Waals surface area contributed by atoms with Gasteiger partial charge in [0.05, 0.1) is 12.5 Å². The predicted molar refractivity (Wildman–Crippen MR) is 73.9 cm³/mol. The first-order valence-electron chi connectivity index (χ1n) is 5.81. The number of hydrogen-bond donors (Lipinski definition) is 0. The average molecular weight is 240 g/mol. The van der Waals surface area contributed by atoms with Crippen molar-refractivity contribution in [1.29, 1.82) is 0 Å². The van der Waals surface area contributed by atoms with Crippen LogP contribution in [0.1, 0.15) is 11.1 Å². The fraction of sp³-hybridized carbons (Fsp3) is 0.125. The van der Waals surface area contributed by atoms with Crippen molar-refractivity contribution in [3.8, 4) is 0 Å². The van der Waals surface area contributed by atoms with E-state index < -0.39 is 0 Å². The van der Waals surface area contributed by atoms with Crippen molar-refractivity contribution in [2.75, 3.05) is 0 Å². The summed E-state index contributed by atoms with van der Waals surface area (Å²) in [4.78, 5) is 0. The van der Waals surface area contributed by atoms with E-state index in [-0.39, 0.29) is 0 Å². The molecule has 92 valence electrons. The van der Waals surface area contributed by atoms with Gasteiger partial charge in [0.15, 0.2) is 0 Å². The molecule has 0 saturated carbocycles. The Kier molecular flexibility index (Phi) is 4.02. The van der Waals surface area contributed by atoms with Crippen LogP contribution in [0, 0.1) is 0 Å². The van der Waals surface area contributed by atoms with Gasteiger partial charge in [-0.3, -0.25) is 0 Å². The quantitative estimate of drug-likeness (QED) is 0.706. The molecule has 0 aliphatic rings. The van der Waals surface area contributed by atoms with Crippen molar-refractivity contribution < 1.29 is 9.47 Å². The lowest BCUT2D eigenvalue weighted by molar-refractivity contribution is 0.238. The lowest BCUT2D eigenvalue weighted by Gasteiger charge is -2.10. The number of benzene rings is 2. The SMILES string of the molecule is C=COCc1cccc2c(COC=C)cccc12. The molecule has 2 heteroatoms. The van der Waals surface area contributed by atoms with Crippen molar-refractivity contribution in [3.05, 3.63) is 73.2 Å². The summed E-state index contributed by atoms with van der Waals surface area (Å²) in [6, 6.07) is 12.4. The fourth-order valence-corrected chi connectivity index (χ4v) is 1.99. The summed E-state index contributed by atoms with van der Waals surface area (Å²) in [6.45, 7) is 8.19. The van der Waals surface area contributed by atoms with Crippen LogP contribution < -0.4 is 0 Å². The van der Waals surface area contributed by atoms with Crippen molar-refractivity contribution in [1.82, 2.24) is 0 Å². The van der Waals surface area contributed by atoms with Gasteiger partial charge in [-0.05, 0) is 21.9 Å². The highest BCUT2D eigenvalue weighted by Gasteiger charge is 2.04. The van der Waals surface area contributed by atoms with Gasteiger partial charge in [0, 0.05) is 0 Å². The second-order valence-electron chi connectivity index (χ2n) is 3.88. The molecule has 0 unspecified atom stereocenters. The highest BCUT2D eigenvalue weighted by atomic mass is 16.5. The van der Waals surface area contributed by atoms with E-state index in [1.54, 1.807) is 0 Å². The van der Waals surface area contributed by atoms with E-state index in [9.17, 15) is 0 Å². The predicted octanol–water partition coefficient (Wildman–Crippen LogP) is 4.16. The molecule has 0 fully saturated rings. The highest BCUT2D eigenvalue weighted by molar-refractivity contribution is 5.88. The zero-order valence-corrected chi connectivity index (χ0v) is 10.3. The first kappa shape index (κ1) is 12.2. The van der Waals surface area contributed by atoms with Gasteiger partial charge in [-0.2, -0.15) is 0 Å². The minimum absolute atomic E-state index is 0.534. The fourth-order valence-electron chi connectivity index (χ4n) is 1.99. The van der Waals surface area contributed by atoms with Crippen LogP contribution in [-0.4, -0.2) is 0 Å². The molecule has 2 aromatic carbocycles. The maximum atomic E-state index is 5.27. The Labute approximate surface area is 107 Å². The van der Waals surface area contributed by atoms with Crippen LogP contribution in [0.25, 0.3) is 10.8 Å². The van der Waals surface area contributed by atoms with E-state index in [2.05, 4.69) is 37.4 Å². The lowest BCUT2D eigenvalue weighted by Crippen LogP contribution is -1.93. The summed E-state index contributed by atoms with van der Waals surface area (Å²) in [5.74, 6) is 0. The largest absolute Gasteiger partial charge is 0.497 e. The van der Waals surface area contributed by atoms with E-state index in [0.717, 1.165) is 11.1 Å². The van der Waals surface area contributed by atoms with E-state index in [1.807, 2.05) is 12.1 Å². The average Bonchev–Trinajstić information content (AvgIpc) is 2.42. The van der Waals surface area contributed by atoms with Gasteiger partial charge in [-0.1, -0.05) is 49.6 Å². The van der Waals surface area contributed by atoms with Gasteiger partial charge < -0.3 is 9.47 Å². The summed E-state index contributed by atoms with van der Waals surface area (Å²) < 4.78 is 10.5. The first-order valence-corrected chi connectivity index (χ1v) is 5.81. The van der Waals surface area contributed by atoms with Crippen LogP contribution in [0.5, 0.6) is 0 Å². The van der Waals surface area contributed by atoms with Gasteiger partial charge in [-0.15, -0.1) is 0 Å². The van der Waals surface area contributed by atoms with Crippen LogP contribution in [0.4, 0.5) is 0 Å². The molecule has 0 heterocycles. The second-order valence-corrected chi connectivity index (χ2v) is 3.88. The van der Waals surface area contributed by atoms with Crippen LogP contribution in [0.3, 0.4) is 0 Å². The summed E-state index contributed by atoms with van der Waals surface area (Å²) in [7, 11) is 0. The van der Waals surface area contributed by atoms with Gasteiger partial charge in [0.1, 0.15) is 13.2 Å². The van der Waals surface area contributed by atoms with E-state index in [0.29, 0.717) is 13.2 Å². The zero-order valence-electron chi connectivity index (χ0n) is 10.3. The molecule has 0 aromatic heterocycles. The monoisotopic (exact) mass is 240 g/mol. The molecule has 2 rings (SSSR count). The highest BCUT2D eigenvalue weighted by Crippen LogP contribution is 2.23. The molecule has 0 aliphatic carbocycles. The third-order valence-electron chi connectivity index (χ3n) is 2.82. The van der Waals surface area contributed by atoms with Crippen LogP contribution in [-0.2, 0) is 22.7 Å². The van der Waals surface area contributed by atoms with Crippen LogP contribution in [0.15, 0.2) is 62.1 Å². The molecule has 0 N–H and O–H groups in total. The molecule has 0 bridgehead atoms. The van der Waals surface area contributed by atoms with E-state index in [1.165, 1.54) is 23.3 Å². The van der Waals surface area contributed by atoms with Gasteiger partial charge >= 0.3 is 0 Å². The van der Waals surface area contributed by atoms with E-state index in [4.69, 9.17) is 9.47 Å². The minimum atomic E-state index is 0.534. The molecule has 0 saturated heterocycles. The lowest BCUT2D eigenvalue weighted by atomic mass is 10.0. The van der Waals surface area contributed by atoms with Crippen LogP contribution >= 0.6 is 0 Å². The molecular weight excluding hydrogens is 224 g/mol. The Morgan fingerprint density at radius 3 is 1.61 bits per heavy atom. The molecule has 0 amide bonds. The van der Waals surface area contributed by atoms with Crippen molar-refractivity contribution in [3.63, 3.8) is 0 Å². The maximum Gasteiger partial charge on any atom is 0.113 e. The molecule has 2 nitrogen and oxygen atoms in total. The molecule has 0 radical (unpaired) electrons. The molecule has 2 aromatic rings. The summed E-state index contributed by atoms with van der Waals surface area (Å²) in [6.07, 6.45) is 2.92. The summed E-state index contributed by atoms with van der Waals surface area (Å²) in [5.41, 5.74) is 2.29. The Bertz CT molecular complexity index is 507. The molecule has 0 aliphatic heterocycles. The Balaban J connectivity index is 2.43. The van der Waals surface area contributed by atoms with Crippen molar-refractivity contribution >= 4 is 10.8 Å². The number of ether oxygens (including phenoxy) is 2. The Morgan fingerprint density at radius 1 is 0.778 bits per heavy atom. The van der Waals surface area contributed by atoms with Gasteiger partial charge in [0.2, 0.25) is 0 Å². The zero-order chi connectivity index (χ0) is 12.8. The minimum Gasteiger partial charge on any atom is -0.497 e. The molecular formula is C16H16O2. The Hall–Kier alpha value is -2.22. The number of fused-ring (bicyclic) bond motifs is 1. The molecule has 0 atom stereocenters. The van der Waals surface area contributed by atoms with Gasteiger partial charge in [0.25, 0.3) is 0 Å². The number of rotatable bonds is 6. The maximum absolute atomic E-state index is 5.27. The third-order valence-corrected chi connectivity index (χ3v) is 2.82. The standard InChI is InChI=1S/C16H16O2/c1-3-17-11-13-7-5-10-16-14(12-18-4-2)8-6-9-15(13)16/h3-10H,1-2,11-12H2. The van der Waals surface area contributed by atoms with E-state index >= 15 is 0 Å². The van der Waals surface area contributed by atoms with Crippen molar-refractivity contribution in [2.45, 2.75) is 13.2 Å². The summed E-state index contributed by atoms with van der Waals surface area (Å²) in [5, 5.41) is 2.37. The third kappa shape index (κ3) is 2.54. The Morgan fingerprint density at radius 2 is 1.22 bits per heavy atom. The normalized spacial score (nSPS) is 10.0. The van der Waals surface area contributed by atoms with Crippen molar-refractivity contribution in [2.24, 2.45) is 0 Å².